The molecule has 0 spiro atoms. The Kier molecular flexibility index (Phi) is 4.08. The van der Waals surface area contributed by atoms with Gasteiger partial charge in [0, 0.05) is 16.0 Å². The molecule has 1 saturated heterocycles. The number of carbonyl (C=O) groups excluding carboxylic acids is 2. The molecule has 31 heavy (non-hydrogen) atoms. The summed E-state index contributed by atoms with van der Waals surface area (Å²) >= 11 is 2.87. The van der Waals surface area contributed by atoms with E-state index in [1.165, 1.54) is 11.3 Å². The number of nitrogens with one attached hydrogen (secondary N) is 1. The molecule has 7 atom stereocenters. The number of hydrogen-bond donors (Lipinski definition) is 2. The van der Waals surface area contributed by atoms with E-state index < -0.39 is 24.3 Å². The Labute approximate surface area is 185 Å². The van der Waals surface area contributed by atoms with Crippen molar-refractivity contribution in [3.8, 4) is 0 Å². The molecule has 0 radical (unpaired) electrons. The van der Waals surface area contributed by atoms with Crippen LogP contribution < -0.4 is 4.87 Å². The molecule has 2 aliphatic carbocycles. The lowest BCUT2D eigenvalue weighted by molar-refractivity contribution is -0.149. The molecule has 1 aromatic carbocycles. The molecule has 160 valence electrons. The first-order valence-electron chi connectivity index (χ1n) is 10.4. The zero-order chi connectivity index (χ0) is 21.6. The summed E-state index contributed by atoms with van der Waals surface area (Å²) in [5, 5.41) is 10.2. The van der Waals surface area contributed by atoms with E-state index in [1.54, 1.807) is 11.8 Å². The number of aromatic nitrogens is 1. The normalized spacial score (nSPS) is 35.3. The van der Waals surface area contributed by atoms with Gasteiger partial charge in [0.15, 0.2) is 0 Å². The lowest BCUT2D eigenvalue weighted by Gasteiger charge is -2.43. The van der Waals surface area contributed by atoms with Crippen molar-refractivity contribution in [2.45, 2.75) is 29.5 Å². The van der Waals surface area contributed by atoms with Crippen molar-refractivity contribution in [2.75, 3.05) is 6.54 Å². The van der Waals surface area contributed by atoms with Crippen molar-refractivity contribution < 1.29 is 19.5 Å². The van der Waals surface area contributed by atoms with Gasteiger partial charge in [-0.05, 0) is 36.7 Å². The maximum atomic E-state index is 13.1. The second-order valence-electron chi connectivity index (χ2n) is 9.03. The Balaban J connectivity index is 1.45. The number of carboxylic acid groups (broad SMARTS) is 1. The Bertz CT molecular complexity index is 1190. The first-order chi connectivity index (χ1) is 14.8. The van der Waals surface area contributed by atoms with E-state index in [2.05, 4.69) is 29.2 Å². The van der Waals surface area contributed by atoms with Crippen LogP contribution in [0.5, 0.6) is 0 Å². The first-order valence-corrected chi connectivity index (χ1v) is 12.1. The molecular formula is C22H20N2O5S2. The van der Waals surface area contributed by atoms with Gasteiger partial charge in [0.1, 0.15) is 6.54 Å². The van der Waals surface area contributed by atoms with Crippen LogP contribution in [-0.2, 0) is 14.4 Å². The molecule has 1 aromatic heterocycles. The maximum Gasteiger partial charge on any atom is 0.323 e. The molecule has 3 heterocycles. The third-order valence-corrected chi connectivity index (χ3v) is 10.1. The monoisotopic (exact) mass is 456 g/mol. The summed E-state index contributed by atoms with van der Waals surface area (Å²) in [5.41, 5.74) is 2.28. The minimum Gasteiger partial charge on any atom is -0.480 e. The van der Waals surface area contributed by atoms with Gasteiger partial charge < -0.3 is 10.1 Å². The summed E-state index contributed by atoms with van der Waals surface area (Å²) in [7, 11) is 0. The standard InChI is InChI=1S/C22H20N2O5S2/c1-8-2-4-9(5-3-8)13-14-10-6-11(17(14)30-19-18(13)31-22(29)23-19)16-15(10)20(27)24(21(16)28)7-12(25)26/h2-5,10-11,13-17H,6-7H2,1H3,(H,23,29)(H,25,26)/t10-,11+,13-,14+,15+,16+,17-/m0/s1. The highest BCUT2D eigenvalue weighted by atomic mass is 32.2. The van der Waals surface area contributed by atoms with Crippen LogP contribution in [0.25, 0.3) is 0 Å². The highest BCUT2D eigenvalue weighted by Crippen LogP contribution is 2.68. The SMILES string of the molecule is Cc1ccc([C@@H]2c3sc(=O)[nH]c3S[C@H]3[C@@H]4C[C@H]([C@H]5C(=O)N(CC(=O)O)C(=O)[C@H]45)[C@H]23)cc1. The fraction of sp³-hybridized carbons (Fsp3) is 0.455. The lowest BCUT2D eigenvalue weighted by Crippen LogP contribution is -2.42. The largest absolute Gasteiger partial charge is 0.480 e. The van der Waals surface area contributed by atoms with Crippen LogP contribution in [-0.4, -0.2) is 44.6 Å². The highest BCUT2D eigenvalue weighted by molar-refractivity contribution is 8.00. The number of rotatable bonds is 3. The van der Waals surface area contributed by atoms with Crippen LogP contribution in [0.2, 0.25) is 0 Å². The van der Waals surface area contributed by atoms with Gasteiger partial charge in [-0.15, -0.1) is 11.8 Å². The van der Waals surface area contributed by atoms with E-state index in [0.29, 0.717) is 0 Å². The summed E-state index contributed by atoms with van der Waals surface area (Å²) in [6, 6.07) is 8.33. The predicted molar refractivity (Wildman–Crippen MR) is 114 cm³/mol. The fourth-order valence-corrected chi connectivity index (χ4v) is 9.41. The van der Waals surface area contributed by atoms with Crippen molar-refractivity contribution in [3.63, 3.8) is 0 Å². The van der Waals surface area contributed by atoms with Crippen molar-refractivity contribution in [3.05, 3.63) is 49.9 Å². The van der Waals surface area contributed by atoms with Crippen LogP contribution in [0.3, 0.4) is 0 Å². The number of carboxylic acids is 1. The molecule has 2 amide bonds. The number of H-pyrrole nitrogens is 1. The number of benzene rings is 1. The number of imide groups is 1. The molecule has 0 unspecified atom stereocenters. The van der Waals surface area contributed by atoms with E-state index >= 15 is 0 Å². The zero-order valence-corrected chi connectivity index (χ0v) is 18.2. The minimum absolute atomic E-state index is 0.00169. The van der Waals surface area contributed by atoms with Crippen LogP contribution in [0, 0.1) is 36.5 Å². The molecule has 2 aromatic rings. The van der Waals surface area contributed by atoms with Crippen molar-refractivity contribution in [2.24, 2.45) is 29.6 Å². The molecule has 3 fully saturated rings. The minimum atomic E-state index is -1.17. The van der Waals surface area contributed by atoms with E-state index in [0.717, 1.165) is 32.4 Å². The molecule has 9 heteroatoms. The summed E-state index contributed by atoms with van der Waals surface area (Å²) < 4.78 is 0. The van der Waals surface area contributed by atoms with Gasteiger partial charge in [-0.2, -0.15) is 0 Å². The number of amides is 2. The average Bonchev–Trinajstić information content (AvgIpc) is 3.44. The number of aliphatic carboxylic acids is 1. The van der Waals surface area contributed by atoms with Crippen LogP contribution >= 0.6 is 23.1 Å². The summed E-state index contributed by atoms with van der Waals surface area (Å²) in [5.74, 6) is -2.54. The smallest absolute Gasteiger partial charge is 0.323 e. The summed E-state index contributed by atoms with van der Waals surface area (Å²) in [4.78, 5) is 54.4. The van der Waals surface area contributed by atoms with Gasteiger partial charge >= 0.3 is 10.8 Å². The number of carbonyl (C=O) groups is 3. The first kappa shape index (κ1) is 19.3. The van der Waals surface area contributed by atoms with Crippen molar-refractivity contribution >= 4 is 40.9 Å². The van der Waals surface area contributed by atoms with Gasteiger partial charge in [-0.1, -0.05) is 41.2 Å². The van der Waals surface area contributed by atoms with Crippen LogP contribution in [0.1, 0.15) is 28.3 Å². The Morgan fingerprint density at radius 1 is 1.13 bits per heavy atom. The molecule has 2 aliphatic heterocycles. The second kappa shape index (κ2) is 6.56. The highest BCUT2D eigenvalue weighted by Gasteiger charge is 2.69. The number of hydrogen-bond acceptors (Lipinski definition) is 6. The van der Waals surface area contributed by atoms with E-state index in [-0.39, 0.29) is 45.6 Å². The van der Waals surface area contributed by atoms with Crippen molar-refractivity contribution in [1.82, 2.24) is 9.88 Å². The van der Waals surface area contributed by atoms with E-state index in [4.69, 9.17) is 0 Å². The van der Waals surface area contributed by atoms with Gasteiger partial charge in [0.05, 0.1) is 16.9 Å². The maximum absolute atomic E-state index is 13.1. The van der Waals surface area contributed by atoms with Gasteiger partial charge in [-0.25, -0.2) is 0 Å². The van der Waals surface area contributed by atoms with Crippen molar-refractivity contribution in [1.29, 1.82) is 0 Å². The number of likely N-dealkylation sites (tertiary alicyclic amines) is 1. The van der Waals surface area contributed by atoms with Gasteiger partial charge in [-0.3, -0.25) is 24.1 Å². The van der Waals surface area contributed by atoms with E-state index in [1.807, 2.05) is 6.92 Å². The van der Waals surface area contributed by atoms with Gasteiger partial charge in [0.25, 0.3) is 0 Å². The van der Waals surface area contributed by atoms with Gasteiger partial charge in [0.2, 0.25) is 11.8 Å². The Morgan fingerprint density at radius 3 is 2.48 bits per heavy atom. The summed E-state index contributed by atoms with van der Waals surface area (Å²) in [6.45, 7) is 1.47. The summed E-state index contributed by atoms with van der Waals surface area (Å²) in [6.07, 6.45) is 0.803. The third kappa shape index (κ3) is 2.59. The lowest BCUT2D eigenvalue weighted by atomic mass is 9.68. The quantitative estimate of drug-likeness (QED) is 0.687. The molecule has 4 aliphatic rings. The number of nitrogens with zero attached hydrogens (tertiary/aromatic N) is 1. The second-order valence-corrected chi connectivity index (χ2v) is 11.2. The Morgan fingerprint density at radius 2 is 1.81 bits per heavy atom. The molecule has 7 nitrogen and oxygen atoms in total. The molecule has 2 saturated carbocycles. The number of aromatic amines is 1. The molecular weight excluding hydrogens is 436 g/mol. The molecule has 2 bridgehead atoms. The molecule has 2 N–H and O–H groups in total. The number of thiazole rings is 1. The van der Waals surface area contributed by atoms with E-state index in [9.17, 15) is 24.3 Å². The zero-order valence-electron chi connectivity index (χ0n) is 16.6. The topological polar surface area (TPSA) is 108 Å². The third-order valence-electron chi connectivity index (χ3n) is 7.55. The fourth-order valence-electron chi connectivity index (χ4n) is 6.52. The van der Waals surface area contributed by atoms with Crippen LogP contribution in [0.15, 0.2) is 34.1 Å². The molecule has 6 rings (SSSR count). The number of aryl methyl sites for hydroxylation is 1. The predicted octanol–water partition coefficient (Wildman–Crippen LogP) is 2.30. The average molecular weight is 457 g/mol. The Hall–Kier alpha value is -2.39. The number of thioether (sulfide) groups is 1. The number of fused-ring (bicyclic) bond motifs is 9. The van der Waals surface area contributed by atoms with Crippen LogP contribution in [0.4, 0.5) is 0 Å².